The number of nitrogens with one attached hydrogen (secondary N) is 2. The van der Waals surface area contributed by atoms with Crippen molar-refractivity contribution >= 4 is 17.3 Å². The Morgan fingerprint density at radius 3 is 2.87 bits per heavy atom. The van der Waals surface area contributed by atoms with Crippen LogP contribution in [0.2, 0.25) is 0 Å². The Hall–Kier alpha value is -1.51. The summed E-state index contributed by atoms with van der Waals surface area (Å²) in [5.41, 5.74) is 3.12. The number of hydrogen-bond donors (Lipinski definition) is 2. The van der Waals surface area contributed by atoms with Crippen molar-refractivity contribution in [2.75, 3.05) is 10.6 Å². The smallest absolute Gasteiger partial charge is 0.246 e. The van der Waals surface area contributed by atoms with Gasteiger partial charge in [-0.1, -0.05) is 19.4 Å². The van der Waals surface area contributed by atoms with Crippen LogP contribution in [-0.4, -0.2) is 11.9 Å². The Bertz CT molecular complexity index is 387. The van der Waals surface area contributed by atoms with E-state index in [9.17, 15) is 4.79 Å². The standard InChI is InChI=1S/C12H16N2O/c1-3-4-10-12(15)14-9-6-5-8(2)7-11(9)13-10/h5-7,10,13H,3-4H2,1-2H3,(H,14,15). The van der Waals surface area contributed by atoms with Crippen LogP contribution in [0.3, 0.4) is 0 Å². The maximum absolute atomic E-state index is 11.7. The molecular weight excluding hydrogens is 188 g/mol. The molecule has 0 aromatic heterocycles. The molecule has 1 aliphatic rings. The van der Waals surface area contributed by atoms with Crippen molar-refractivity contribution in [1.82, 2.24) is 0 Å². The van der Waals surface area contributed by atoms with E-state index < -0.39 is 0 Å². The molecule has 15 heavy (non-hydrogen) atoms. The van der Waals surface area contributed by atoms with Gasteiger partial charge in [-0.05, 0) is 31.0 Å². The van der Waals surface area contributed by atoms with Crippen molar-refractivity contribution in [3.63, 3.8) is 0 Å². The van der Waals surface area contributed by atoms with Gasteiger partial charge in [0.1, 0.15) is 6.04 Å². The molecule has 0 fully saturated rings. The fourth-order valence-electron chi connectivity index (χ4n) is 1.85. The first-order valence-electron chi connectivity index (χ1n) is 5.38. The third-order valence-corrected chi connectivity index (χ3v) is 2.66. The van der Waals surface area contributed by atoms with Crippen molar-refractivity contribution in [2.45, 2.75) is 32.7 Å². The zero-order valence-electron chi connectivity index (χ0n) is 9.13. The number of hydrogen-bond acceptors (Lipinski definition) is 2. The van der Waals surface area contributed by atoms with Crippen LogP contribution in [0, 0.1) is 6.92 Å². The molecule has 2 N–H and O–H groups in total. The number of benzene rings is 1. The van der Waals surface area contributed by atoms with Gasteiger partial charge < -0.3 is 10.6 Å². The van der Waals surface area contributed by atoms with Crippen molar-refractivity contribution in [1.29, 1.82) is 0 Å². The largest absolute Gasteiger partial charge is 0.372 e. The number of amides is 1. The Morgan fingerprint density at radius 2 is 2.13 bits per heavy atom. The van der Waals surface area contributed by atoms with Gasteiger partial charge in [0.2, 0.25) is 5.91 Å². The summed E-state index contributed by atoms with van der Waals surface area (Å²) in [6.07, 6.45) is 1.88. The SMILES string of the molecule is CCCC1Nc2cc(C)ccc2NC1=O. The molecule has 1 aliphatic heterocycles. The highest BCUT2D eigenvalue weighted by Gasteiger charge is 2.23. The van der Waals surface area contributed by atoms with E-state index in [0.29, 0.717) is 0 Å². The van der Waals surface area contributed by atoms with Gasteiger partial charge in [0, 0.05) is 0 Å². The van der Waals surface area contributed by atoms with E-state index >= 15 is 0 Å². The van der Waals surface area contributed by atoms with E-state index in [1.54, 1.807) is 0 Å². The van der Waals surface area contributed by atoms with Crippen LogP contribution in [0.5, 0.6) is 0 Å². The fourth-order valence-corrected chi connectivity index (χ4v) is 1.85. The topological polar surface area (TPSA) is 41.1 Å². The Morgan fingerprint density at radius 1 is 1.33 bits per heavy atom. The van der Waals surface area contributed by atoms with Crippen LogP contribution in [-0.2, 0) is 4.79 Å². The van der Waals surface area contributed by atoms with E-state index in [2.05, 4.69) is 23.6 Å². The van der Waals surface area contributed by atoms with Crippen LogP contribution in [0.4, 0.5) is 11.4 Å². The molecule has 0 spiro atoms. The van der Waals surface area contributed by atoms with E-state index in [0.717, 1.165) is 24.2 Å². The zero-order valence-corrected chi connectivity index (χ0v) is 9.13. The minimum absolute atomic E-state index is 0.0770. The quantitative estimate of drug-likeness (QED) is 0.777. The fraction of sp³-hybridized carbons (Fsp3) is 0.417. The maximum Gasteiger partial charge on any atom is 0.246 e. The van der Waals surface area contributed by atoms with Crippen LogP contribution in [0.15, 0.2) is 18.2 Å². The molecule has 1 unspecified atom stereocenters. The molecule has 0 bridgehead atoms. The minimum Gasteiger partial charge on any atom is -0.372 e. The highest BCUT2D eigenvalue weighted by molar-refractivity contribution is 6.02. The lowest BCUT2D eigenvalue weighted by atomic mass is 10.1. The number of rotatable bonds is 2. The Kier molecular flexibility index (Phi) is 2.62. The summed E-state index contributed by atoms with van der Waals surface area (Å²) in [5, 5.41) is 6.20. The summed E-state index contributed by atoms with van der Waals surface area (Å²) in [7, 11) is 0. The highest BCUT2D eigenvalue weighted by atomic mass is 16.2. The van der Waals surface area contributed by atoms with Gasteiger partial charge in [0.25, 0.3) is 0 Å². The summed E-state index contributed by atoms with van der Waals surface area (Å²) in [6.45, 7) is 4.13. The summed E-state index contributed by atoms with van der Waals surface area (Å²) in [4.78, 5) is 11.7. The molecule has 1 atom stereocenters. The molecule has 0 saturated heterocycles. The molecule has 0 saturated carbocycles. The average molecular weight is 204 g/mol. The van der Waals surface area contributed by atoms with Crippen LogP contribution < -0.4 is 10.6 Å². The predicted molar refractivity (Wildman–Crippen MR) is 62.1 cm³/mol. The van der Waals surface area contributed by atoms with Gasteiger partial charge in [-0.15, -0.1) is 0 Å². The lowest BCUT2D eigenvalue weighted by Crippen LogP contribution is -2.38. The summed E-state index contributed by atoms with van der Waals surface area (Å²) in [5.74, 6) is 0.0770. The number of aryl methyl sites for hydroxylation is 1. The number of carbonyl (C=O) groups is 1. The van der Waals surface area contributed by atoms with E-state index in [4.69, 9.17) is 0 Å². The van der Waals surface area contributed by atoms with Crippen LogP contribution in [0.1, 0.15) is 25.3 Å². The summed E-state index contributed by atoms with van der Waals surface area (Å²) < 4.78 is 0. The molecule has 1 heterocycles. The third kappa shape index (κ3) is 1.96. The van der Waals surface area contributed by atoms with Gasteiger partial charge in [-0.2, -0.15) is 0 Å². The molecule has 3 heteroatoms. The average Bonchev–Trinajstić information content (AvgIpc) is 2.20. The molecule has 3 nitrogen and oxygen atoms in total. The van der Waals surface area contributed by atoms with Gasteiger partial charge in [0.15, 0.2) is 0 Å². The van der Waals surface area contributed by atoms with Gasteiger partial charge in [-0.25, -0.2) is 0 Å². The second-order valence-electron chi connectivity index (χ2n) is 4.02. The first-order valence-corrected chi connectivity index (χ1v) is 5.38. The van der Waals surface area contributed by atoms with Gasteiger partial charge in [-0.3, -0.25) is 4.79 Å². The van der Waals surface area contributed by atoms with Crippen molar-refractivity contribution in [2.24, 2.45) is 0 Å². The third-order valence-electron chi connectivity index (χ3n) is 2.66. The Balaban J connectivity index is 2.26. The van der Waals surface area contributed by atoms with E-state index in [1.807, 2.05) is 19.1 Å². The summed E-state index contributed by atoms with van der Waals surface area (Å²) in [6, 6.07) is 5.93. The van der Waals surface area contributed by atoms with Gasteiger partial charge >= 0.3 is 0 Å². The van der Waals surface area contributed by atoms with Gasteiger partial charge in [0.05, 0.1) is 11.4 Å². The normalized spacial score (nSPS) is 19.1. The zero-order chi connectivity index (χ0) is 10.8. The number of carbonyl (C=O) groups excluding carboxylic acids is 1. The predicted octanol–water partition coefficient (Wildman–Crippen LogP) is 2.53. The first-order chi connectivity index (χ1) is 7.20. The molecule has 1 amide bonds. The summed E-state index contributed by atoms with van der Waals surface area (Å²) >= 11 is 0. The second kappa shape index (κ2) is 3.93. The molecule has 80 valence electrons. The molecule has 1 aromatic carbocycles. The van der Waals surface area contributed by atoms with Crippen molar-refractivity contribution in [3.8, 4) is 0 Å². The molecule has 0 radical (unpaired) electrons. The monoisotopic (exact) mass is 204 g/mol. The van der Waals surface area contributed by atoms with E-state index in [-0.39, 0.29) is 11.9 Å². The van der Waals surface area contributed by atoms with E-state index in [1.165, 1.54) is 5.56 Å². The molecular formula is C12H16N2O. The van der Waals surface area contributed by atoms with Crippen LogP contribution >= 0.6 is 0 Å². The minimum atomic E-state index is -0.0794. The maximum atomic E-state index is 11.7. The number of anilines is 2. The lowest BCUT2D eigenvalue weighted by molar-refractivity contribution is -0.117. The van der Waals surface area contributed by atoms with Crippen molar-refractivity contribution < 1.29 is 4.79 Å². The highest BCUT2D eigenvalue weighted by Crippen LogP contribution is 2.28. The Labute approximate surface area is 89.9 Å². The number of fused-ring (bicyclic) bond motifs is 1. The molecule has 1 aromatic rings. The van der Waals surface area contributed by atoms with Crippen molar-refractivity contribution in [3.05, 3.63) is 23.8 Å². The lowest BCUT2D eigenvalue weighted by Gasteiger charge is -2.26. The molecule has 0 aliphatic carbocycles. The first kappa shape index (κ1) is 10.0. The second-order valence-corrected chi connectivity index (χ2v) is 4.02. The van der Waals surface area contributed by atoms with Crippen LogP contribution in [0.25, 0.3) is 0 Å². The molecule has 2 rings (SSSR count).